The van der Waals surface area contributed by atoms with Crippen molar-refractivity contribution >= 4 is 28.4 Å². The second-order valence-electron chi connectivity index (χ2n) is 8.08. The van der Waals surface area contributed by atoms with Gasteiger partial charge in [0.2, 0.25) is 5.60 Å². The standard InChI is InChI=1S/C22H24FN3O5/c1-13(2)21(20(28)25-17-10-18(27)30-22(17,12-23)29-3)11-16(26-31-21)19-15-7-5-4-6-14(15)8-9-24-19/h4-9,13,17H,10-12H2,1-3H3,(H,25,28)/t17-,21+,22?/m0/s1. The van der Waals surface area contributed by atoms with E-state index in [4.69, 9.17) is 14.3 Å². The van der Waals surface area contributed by atoms with Gasteiger partial charge in [0.15, 0.2) is 6.67 Å². The number of nitrogens with one attached hydrogen (secondary N) is 1. The van der Waals surface area contributed by atoms with E-state index in [-0.39, 0.29) is 18.8 Å². The lowest BCUT2D eigenvalue weighted by molar-refractivity contribution is -0.216. The van der Waals surface area contributed by atoms with E-state index in [1.165, 1.54) is 7.11 Å². The number of cyclic esters (lactones) is 1. The molecule has 1 amide bonds. The Hall–Kier alpha value is -3.07. The van der Waals surface area contributed by atoms with Crippen molar-refractivity contribution in [3.63, 3.8) is 0 Å². The van der Waals surface area contributed by atoms with Crippen LogP contribution in [0.3, 0.4) is 0 Å². The molecule has 0 spiro atoms. The van der Waals surface area contributed by atoms with Gasteiger partial charge in [-0.1, -0.05) is 43.3 Å². The average Bonchev–Trinajstić information content (AvgIpc) is 3.36. The summed E-state index contributed by atoms with van der Waals surface area (Å²) < 4.78 is 23.8. The summed E-state index contributed by atoms with van der Waals surface area (Å²) in [5.41, 5.74) is -0.152. The predicted octanol–water partition coefficient (Wildman–Crippen LogP) is 2.50. The van der Waals surface area contributed by atoms with Gasteiger partial charge in [0.05, 0.1) is 12.1 Å². The number of rotatable bonds is 6. The van der Waals surface area contributed by atoms with Crippen molar-refractivity contribution in [1.82, 2.24) is 10.3 Å². The first kappa shape index (κ1) is 21.2. The van der Waals surface area contributed by atoms with Crippen molar-refractivity contribution in [2.75, 3.05) is 13.8 Å². The van der Waals surface area contributed by atoms with Gasteiger partial charge in [0.25, 0.3) is 11.7 Å². The summed E-state index contributed by atoms with van der Waals surface area (Å²) in [6.07, 6.45) is 1.66. The Balaban J connectivity index is 1.61. The fraction of sp³-hybridized carbons (Fsp3) is 0.455. The molecule has 2 aliphatic heterocycles. The number of pyridine rings is 1. The molecule has 8 nitrogen and oxygen atoms in total. The summed E-state index contributed by atoms with van der Waals surface area (Å²) in [6, 6.07) is 8.66. The Morgan fingerprint density at radius 1 is 1.35 bits per heavy atom. The summed E-state index contributed by atoms with van der Waals surface area (Å²) in [6.45, 7) is 2.59. The number of esters is 1. The smallest absolute Gasteiger partial charge is 0.310 e. The first-order chi connectivity index (χ1) is 14.8. The molecule has 2 aromatic rings. The molecule has 1 aromatic heterocycles. The van der Waals surface area contributed by atoms with E-state index in [0.29, 0.717) is 11.4 Å². The summed E-state index contributed by atoms with van der Waals surface area (Å²) in [5, 5.41) is 8.81. The number of methoxy groups -OCH3 is 1. The largest absolute Gasteiger partial charge is 0.428 e. The molecule has 0 saturated carbocycles. The maximum Gasteiger partial charge on any atom is 0.310 e. The SMILES string of the molecule is COC1(CF)OC(=O)C[C@@H]1NC(=O)[C@]1(C(C)C)CC(c2nccc3ccccc23)=NO1. The second kappa shape index (κ2) is 7.88. The molecule has 2 aliphatic rings. The zero-order chi connectivity index (χ0) is 22.2. The van der Waals surface area contributed by atoms with Gasteiger partial charge in [-0.15, -0.1) is 0 Å². The van der Waals surface area contributed by atoms with Crippen LogP contribution in [0.15, 0.2) is 41.7 Å². The molecule has 0 bridgehead atoms. The number of oxime groups is 1. The van der Waals surface area contributed by atoms with Crippen molar-refractivity contribution in [3.8, 4) is 0 Å². The Bertz CT molecular complexity index is 1050. The van der Waals surface area contributed by atoms with Gasteiger partial charge in [-0.2, -0.15) is 0 Å². The lowest BCUT2D eigenvalue weighted by atomic mass is 9.83. The quantitative estimate of drug-likeness (QED) is 0.709. The maximum absolute atomic E-state index is 13.7. The van der Waals surface area contributed by atoms with E-state index in [0.717, 1.165) is 10.8 Å². The third kappa shape index (κ3) is 3.42. The van der Waals surface area contributed by atoms with Gasteiger partial charge in [-0.25, -0.2) is 4.39 Å². The van der Waals surface area contributed by atoms with Crippen LogP contribution in [0.5, 0.6) is 0 Å². The Kier molecular flexibility index (Phi) is 5.38. The highest BCUT2D eigenvalue weighted by molar-refractivity contribution is 6.11. The van der Waals surface area contributed by atoms with E-state index in [9.17, 15) is 14.0 Å². The molecule has 1 aromatic carbocycles. The molecule has 0 aliphatic carbocycles. The molecule has 3 heterocycles. The van der Waals surface area contributed by atoms with Crippen molar-refractivity contribution in [3.05, 3.63) is 42.2 Å². The number of benzene rings is 1. The van der Waals surface area contributed by atoms with Gasteiger partial charge in [0.1, 0.15) is 11.8 Å². The summed E-state index contributed by atoms with van der Waals surface area (Å²) in [7, 11) is 1.23. The molecular weight excluding hydrogens is 405 g/mol. The van der Waals surface area contributed by atoms with Gasteiger partial charge in [-0.3, -0.25) is 14.6 Å². The minimum atomic E-state index is -1.84. The van der Waals surface area contributed by atoms with Crippen LogP contribution in [0.2, 0.25) is 0 Å². The number of alkyl halides is 1. The zero-order valence-electron chi connectivity index (χ0n) is 17.6. The third-order valence-electron chi connectivity index (χ3n) is 6.04. The number of fused-ring (bicyclic) bond motifs is 1. The predicted molar refractivity (Wildman–Crippen MR) is 110 cm³/mol. The van der Waals surface area contributed by atoms with E-state index in [1.807, 2.05) is 44.2 Å². The molecule has 0 radical (unpaired) electrons. The molecule has 1 saturated heterocycles. The van der Waals surface area contributed by atoms with Gasteiger partial charge >= 0.3 is 5.97 Å². The third-order valence-corrected chi connectivity index (χ3v) is 6.04. The number of nitrogens with zero attached hydrogens (tertiary/aromatic N) is 2. The topological polar surface area (TPSA) is 99.1 Å². The van der Waals surface area contributed by atoms with Gasteiger partial charge < -0.3 is 19.6 Å². The Morgan fingerprint density at radius 2 is 2.13 bits per heavy atom. The van der Waals surface area contributed by atoms with Crippen molar-refractivity contribution < 1.29 is 28.3 Å². The van der Waals surface area contributed by atoms with Crippen molar-refractivity contribution in [2.45, 2.75) is 44.1 Å². The van der Waals surface area contributed by atoms with Crippen LogP contribution in [0.4, 0.5) is 4.39 Å². The molecule has 1 N–H and O–H groups in total. The van der Waals surface area contributed by atoms with E-state index >= 15 is 0 Å². The minimum absolute atomic E-state index is 0.175. The highest BCUT2D eigenvalue weighted by Gasteiger charge is 2.56. The fourth-order valence-electron chi connectivity index (χ4n) is 4.05. The summed E-state index contributed by atoms with van der Waals surface area (Å²) in [4.78, 5) is 35.3. The van der Waals surface area contributed by atoms with Crippen LogP contribution in [0.25, 0.3) is 10.8 Å². The van der Waals surface area contributed by atoms with Gasteiger partial charge in [0, 0.05) is 31.0 Å². The van der Waals surface area contributed by atoms with Crippen LogP contribution in [-0.2, 0) is 23.9 Å². The van der Waals surface area contributed by atoms with Crippen LogP contribution < -0.4 is 5.32 Å². The fourth-order valence-corrected chi connectivity index (χ4v) is 4.05. The van der Waals surface area contributed by atoms with Crippen LogP contribution in [0, 0.1) is 5.92 Å². The minimum Gasteiger partial charge on any atom is -0.428 e. The molecule has 1 unspecified atom stereocenters. The van der Waals surface area contributed by atoms with E-state index < -0.39 is 36.0 Å². The highest BCUT2D eigenvalue weighted by Crippen LogP contribution is 2.36. The highest BCUT2D eigenvalue weighted by atomic mass is 19.1. The Morgan fingerprint density at radius 3 is 2.84 bits per heavy atom. The lowest BCUT2D eigenvalue weighted by Gasteiger charge is -2.34. The van der Waals surface area contributed by atoms with Crippen LogP contribution >= 0.6 is 0 Å². The van der Waals surface area contributed by atoms with E-state index in [2.05, 4.69) is 15.5 Å². The normalized spacial score (nSPS) is 27.8. The Labute approximate surface area is 178 Å². The number of hydrogen-bond acceptors (Lipinski definition) is 7. The number of halogens is 1. The first-order valence-corrected chi connectivity index (χ1v) is 10.1. The monoisotopic (exact) mass is 429 g/mol. The molecule has 4 rings (SSSR count). The number of carbonyl (C=O) groups is 2. The second-order valence-corrected chi connectivity index (χ2v) is 8.08. The van der Waals surface area contributed by atoms with E-state index in [1.54, 1.807) is 6.20 Å². The maximum atomic E-state index is 13.7. The number of amides is 1. The number of carbonyl (C=O) groups excluding carboxylic acids is 2. The van der Waals surface area contributed by atoms with Crippen molar-refractivity contribution in [1.29, 1.82) is 0 Å². The summed E-state index contributed by atoms with van der Waals surface area (Å²) >= 11 is 0. The number of ether oxygens (including phenoxy) is 2. The average molecular weight is 429 g/mol. The zero-order valence-corrected chi connectivity index (χ0v) is 17.6. The number of aromatic nitrogens is 1. The molecule has 31 heavy (non-hydrogen) atoms. The molecule has 9 heteroatoms. The molecule has 3 atom stereocenters. The van der Waals surface area contributed by atoms with Crippen LogP contribution in [-0.4, -0.2) is 53.8 Å². The molecule has 1 fully saturated rings. The molecule has 164 valence electrons. The first-order valence-electron chi connectivity index (χ1n) is 10.1. The summed E-state index contributed by atoms with van der Waals surface area (Å²) in [5.74, 6) is -3.28. The van der Waals surface area contributed by atoms with Gasteiger partial charge in [-0.05, 0) is 11.5 Å². The van der Waals surface area contributed by atoms with Crippen LogP contribution in [0.1, 0.15) is 32.4 Å². The number of hydrogen-bond donors (Lipinski definition) is 1. The van der Waals surface area contributed by atoms with Crippen molar-refractivity contribution in [2.24, 2.45) is 11.1 Å². The molecular formula is C22H24FN3O5. The lowest BCUT2D eigenvalue weighted by Crippen LogP contribution is -2.59.